The van der Waals surface area contributed by atoms with Gasteiger partial charge in [0, 0.05) is 30.2 Å². The summed E-state index contributed by atoms with van der Waals surface area (Å²) in [5, 5.41) is 9.03. The van der Waals surface area contributed by atoms with E-state index in [4.69, 9.17) is 9.84 Å². The molecule has 0 aromatic carbocycles. The van der Waals surface area contributed by atoms with Crippen molar-refractivity contribution in [2.24, 2.45) is 0 Å². The maximum Gasteiger partial charge on any atom is 0.410 e. The van der Waals surface area contributed by atoms with Gasteiger partial charge in [0.15, 0.2) is 0 Å². The van der Waals surface area contributed by atoms with Crippen molar-refractivity contribution >= 4 is 22.0 Å². The van der Waals surface area contributed by atoms with E-state index in [0.29, 0.717) is 4.47 Å². The summed E-state index contributed by atoms with van der Waals surface area (Å²) in [6.07, 6.45) is 1.22. The van der Waals surface area contributed by atoms with Crippen LogP contribution in [0.15, 0.2) is 16.7 Å². The Balaban J connectivity index is 2.68. The molecule has 7 heteroatoms. The fraction of sp³-hybridized carbons (Fsp3) is 0.571. The van der Waals surface area contributed by atoms with Crippen molar-refractivity contribution in [1.82, 2.24) is 9.88 Å². The second kappa shape index (κ2) is 7.70. The number of aliphatic hydroxyl groups is 1. The van der Waals surface area contributed by atoms with Crippen LogP contribution in [0.4, 0.5) is 9.18 Å². The number of aliphatic hydroxyl groups excluding tert-OH is 1. The first kappa shape index (κ1) is 17.8. The molecular formula is C14H20BrFN2O3. The highest BCUT2D eigenvalue weighted by Crippen LogP contribution is 2.14. The Bertz CT molecular complexity index is 492. The van der Waals surface area contributed by atoms with Crippen molar-refractivity contribution in [2.75, 3.05) is 19.7 Å². The van der Waals surface area contributed by atoms with Crippen LogP contribution in [0.3, 0.4) is 0 Å². The van der Waals surface area contributed by atoms with Crippen molar-refractivity contribution in [3.63, 3.8) is 0 Å². The molecule has 5 nitrogen and oxygen atoms in total. The Kier molecular flexibility index (Phi) is 6.54. The molecular weight excluding hydrogens is 343 g/mol. The number of carbonyl (C=O) groups excluding carboxylic acids is 1. The van der Waals surface area contributed by atoms with E-state index in [1.165, 1.54) is 17.2 Å². The fourth-order valence-corrected chi connectivity index (χ4v) is 1.91. The minimum Gasteiger partial charge on any atom is -0.444 e. The third-order valence-electron chi connectivity index (χ3n) is 2.52. The number of nitrogens with zero attached hydrogens (tertiary/aromatic N) is 2. The second-order valence-electron chi connectivity index (χ2n) is 5.52. The summed E-state index contributed by atoms with van der Waals surface area (Å²) in [5.41, 5.74) is -0.351. The van der Waals surface area contributed by atoms with Gasteiger partial charge in [-0.1, -0.05) is 0 Å². The maximum atomic E-state index is 13.7. The van der Waals surface area contributed by atoms with Gasteiger partial charge < -0.3 is 14.7 Å². The molecule has 0 fully saturated rings. The van der Waals surface area contributed by atoms with Crippen LogP contribution in [-0.4, -0.2) is 46.4 Å². The predicted molar refractivity (Wildman–Crippen MR) is 80.5 cm³/mol. The van der Waals surface area contributed by atoms with Gasteiger partial charge in [-0.2, -0.15) is 0 Å². The quantitative estimate of drug-likeness (QED) is 0.874. The van der Waals surface area contributed by atoms with Gasteiger partial charge in [0.2, 0.25) is 0 Å². The van der Waals surface area contributed by atoms with E-state index in [1.807, 2.05) is 0 Å². The molecule has 0 unspecified atom stereocenters. The third-order valence-corrected chi connectivity index (χ3v) is 2.96. The van der Waals surface area contributed by atoms with Crippen molar-refractivity contribution in [3.8, 4) is 0 Å². The van der Waals surface area contributed by atoms with Gasteiger partial charge in [-0.3, -0.25) is 4.98 Å². The lowest BCUT2D eigenvalue weighted by Gasteiger charge is -2.26. The molecule has 0 saturated heterocycles. The number of pyridine rings is 1. The van der Waals surface area contributed by atoms with Crippen LogP contribution in [-0.2, 0) is 11.2 Å². The SMILES string of the molecule is CC(C)(C)OC(=O)N(CCO)CCc1ncc(Br)cc1F. The Morgan fingerprint density at radius 1 is 1.48 bits per heavy atom. The van der Waals surface area contributed by atoms with Crippen LogP contribution < -0.4 is 0 Å². The number of aromatic nitrogens is 1. The van der Waals surface area contributed by atoms with E-state index >= 15 is 0 Å². The molecule has 0 saturated carbocycles. The molecule has 0 aliphatic heterocycles. The lowest BCUT2D eigenvalue weighted by molar-refractivity contribution is 0.0220. The molecule has 1 rings (SSSR count). The minimum atomic E-state index is -0.619. The third kappa shape index (κ3) is 6.39. The van der Waals surface area contributed by atoms with Gasteiger partial charge in [0.05, 0.1) is 12.3 Å². The lowest BCUT2D eigenvalue weighted by Crippen LogP contribution is -2.39. The molecule has 1 aromatic heterocycles. The summed E-state index contributed by atoms with van der Waals surface area (Å²) < 4.78 is 19.5. The van der Waals surface area contributed by atoms with E-state index in [2.05, 4.69) is 20.9 Å². The van der Waals surface area contributed by atoms with Crippen molar-refractivity contribution in [3.05, 3.63) is 28.2 Å². The molecule has 0 bridgehead atoms. The zero-order valence-corrected chi connectivity index (χ0v) is 14.0. The van der Waals surface area contributed by atoms with Crippen LogP contribution >= 0.6 is 15.9 Å². The molecule has 0 radical (unpaired) electrons. The Morgan fingerprint density at radius 2 is 2.14 bits per heavy atom. The largest absolute Gasteiger partial charge is 0.444 e. The number of halogens is 2. The molecule has 1 aromatic rings. The zero-order chi connectivity index (χ0) is 16.0. The monoisotopic (exact) mass is 362 g/mol. The van der Waals surface area contributed by atoms with Gasteiger partial charge in [-0.05, 0) is 42.8 Å². The summed E-state index contributed by atoms with van der Waals surface area (Å²) in [6, 6.07) is 1.33. The molecule has 21 heavy (non-hydrogen) atoms. The van der Waals surface area contributed by atoms with E-state index in [-0.39, 0.29) is 31.8 Å². The van der Waals surface area contributed by atoms with Crippen LogP contribution in [0.5, 0.6) is 0 Å². The van der Waals surface area contributed by atoms with E-state index < -0.39 is 17.5 Å². The Hall–Kier alpha value is -1.21. The van der Waals surface area contributed by atoms with Crippen LogP contribution in [0, 0.1) is 5.82 Å². The van der Waals surface area contributed by atoms with Crippen LogP contribution in [0.2, 0.25) is 0 Å². The summed E-state index contributed by atoms with van der Waals surface area (Å²) >= 11 is 3.14. The Labute approximate surface area is 132 Å². The standard InChI is InChI=1S/C14H20BrFN2O3/c1-14(2,3)21-13(20)18(6-7-19)5-4-12-11(16)8-10(15)9-17-12/h8-9,19H,4-7H2,1-3H3. The van der Waals surface area contributed by atoms with E-state index in [0.717, 1.165) is 0 Å². The molecule has 1 heterocycles. The van der Waals surface area contributed by atoms with Gasteiger partial charge in [0.1, 0.15) is 11.4 Å². The molecule has 1 N–H and O–H groups in total. The zero-order valence-electron chi connectivity index (χ0n) is 12.4. The molecule has 118 valence electrons. The average Bonchev–Trinajstić information content (AvgIpc) is 2.34. The molecule has 1 amide bonds. The number of hydrogen-bond acceptors (Lipinski definition) is 4. The van der Waals surface area contributed by atoms with Crippen molar-refractivity contribution in [2.45, 2.75) is 32.8 Å². The summed E-state index contributed by atoms with van der Waals surface area (Å²) in [4.78, 5) is 17.3. The van der Waals surface area contributed by atoms with Crippen LogP contribution in [0.1, 0.15) is 26.5 Å². The summed E-state index contributed by atoms with van der Waals surface area (Å²) in [5.74, 6) is -0.433. The smallest absolute Gasteiger partial charge is 0.410 e. The number of rotatable bonds is 5. The normalized spacial score (nSPS) is 11.3. The number of hydrogen-bond donors (Lipinski definition) is 1. The predicted octanol–water partition coefficient (Wildman–Crippen LogP) is 2.76. The van der Waals surface area contributed by atoms with E-state index in [9.17, 15) is 9.18 Å². The topological polar surface area (TPSA) is 62.7 Å². The highest BCUT2D eigenvalue weighted by atomic mass is 79.9. The van der Waals surface area contributed by atoms with Gasteiger partial charge >= 0.3 is 6.09 Å². The number of amides is 1. The Morgan fingerprint density at radius 3 is 2.67 bits per heavy atom. The molecule has 0 spiro atoms. The summed E-state index contributed by atoms with van der Waals surface area (Å²) in [7, 11) is 0. The van der Waals surface area contributed by atoms with Crippen LogP contribution in [0.25, 0.3) is 0 Å². The summed E-state index contributed by atoms with van der Waals surface area (Å²) in [6.45, 7) is 5.46. The van der Waals surface area contributed by atoms with Crippen molar-refractivity contribution in [1.29, 1.82) is 0 Å². The first-order valence-electron chi connectivity index (χ1n) is 6.61. The fourth-order valence-electron chi connectivity index (χ4n) is 1.61. The van der Waals surface area contributed by atoms with Gasteiger partial charge in [-0.15, -0.1) is 0 Å². The highest BCUT2D eigenvalue weighted by molar-refractivity contribution is 9.10. The molecule has 0 atom stereocenters. The maximum absolute atomic E-state index is 13.7. The minimum absolute atomic E-state index is 0.132. The van der Waals surface area contributed by atoms with Crippen molar-refractivity contribution < 1.29 is 19.0 Å². The lowest BCUT2D eigenvalue weighted by atomic mass is 10.2. The van der Waals surface area contributed by atoms with Gasteiger partial charge in [-0.25, -0.2) is 9.18 Å². The first-order chi connectivity index (χ1) is 9.73. The number of carbonyl (C=O) groups is 1. The molecule has 0 aliphatic carbocycles. The first-order valence-corrected chi connectivity index (χ1v) is 7.41. The highest BCUT2D eigenvalue weighted by Gasteiger charge is 2.22. The average molecular weight is 363 g/mol. The second-order valence-corrected chi connectivity index (χ2v) is 6.44. The number of ether oxygens (including phenoxy) is 1. The van der Waals surface area contributed by atoms with Gasteiger partial charge in [0.25, 0.3) is 0 Å². The van der Waals surface area contributed by atoms with E-state index in [1.54, 1.807) is 20.8 Å². The molecule has 0 aliphatic rings.